The number of rotatable bonds is 9. The number of non-ortho nitro benzene ring substituents is 1. The van der Waals surface area contributed by atoms with Gasteiger partial charge in [0, 0.05) is 31.5 Å². The minimum absolute atomic E-state index is 0.0920. The molecule has 0 saturated heterocycles. The normalized spacial score (nSPS) is 11.5. The fraction of sp³-hybridized carbons (Fsp3) is 0.400. The van der Waals surface area contributed by atoms with Crippen LogP contribution in [0.1, 0.15) is 25.3 Å². The Labute approximate surface area is 160 Å². The summed E-state index contributed by atoms with van der Waals surface area (Å²) in [6, 6.07) is 4.48. The number of aromatic nitrogens is 2. The van der Waals surface area contributed by atoms with E-state index >= 15 is 0 Å². The van der Waals surface area contributed by atoms with Crippen LogP contribution in [0.3, 0.4) is 0 Å². The number of nitro benzene ring substituents is 1. The maximum absolute atomic E-state index is 12.1. The van der Waals surface area contributed by atoms with Gasteiger partial charge in [-0.2, -0.15) is 0 Å². The predicted octanol–water partition coefficient (Wildman–Crippen LogP) is 1.95. The van der Waals surface area contributed by atoms with Crippen LogP contribution in [0.15, 0.2) is 29.2 Å². The lowest BCUT2D eigenvalue weighted by atomic mass is 10.1. The molecule has 0 saturated carbocycles. The number of benzene rings is 1. The quantitative estimate of drug-likeness (QED) is 0.472. The highest BCUT2D eigenvalue weighted by Gasteiger charge is 2.16. The fourth-order valence-electron chi connectivity index (χ4n) is 2.05. The summed E-state index contributed by atoms with van der Waals surface area (Å²) in [7, 11) is -3.86. The van der Waals surface area contributed by atoms with Gasteiger partial charge >= 0.3 is 0 Å². The number of sulfonamides is 1. The van der Waals surface area contributed by atoms with Crippen LogP contribution in [-0.2, 0) is 21.2 Å². The smallest absolute Gasteiger partial charge is 0.269 e. The van der Waals surface area contributed by atoms with E-state index in [1.807, 2.05) is 0 Å². The third-order valence-corrected chi connectivity index (χ3v) is 5.64. The molecule has 12 heteroatoms. The summed E-state index contributed by atoms with van der Waals surface area (Å²) in [6.45, 7) is 3.98. The fourth-order valence-corrected chi connectivity index (χ4v) is 4.05. The molecule has 2 N–H and O–H groups in total. The molecular formula is C15H19N5O5S2. The van der Waals surface area contributed by atoms with Crippen molar-refractivity contribution in [2.24, 2.45) is 5.92 Å². The van der Waals surface area contributed by atoms with E-state index in [1.54, 1.807) is 0 Å². The molecule has 10 nitrogen and oxygen atoms in total. The van der Waals surface area contributed by atoms with E-state index < -0.39 is 20.9 Å². The Balaban J connectivity index is 1.84. The Morgan fingerprint density at radius 1 is 1.26 bits per heavy atom. The number of nitrogens with zero attached hydrogens (tertiary/aromatic N) is 3. The minimum Gasteiger partial charge on any atom is -0.300 e. The van der Waals surface area contributed by atoms with Crippen molar-refractivity contribution >= 4 is 38.1 Å². The molecule has 0 radical (unpaired) electrons. The Morgan fingerprint density at radius 3 is 2.52 bits per heavy atom. The molecular weight excluding hydrogens is 394 g/mol. The van der Waals surface area contributed by atoms with Gasteiger partial charge in [-0.15, -0.1) is 10.2 Å². The zero-order chi connectivity index (χ0) is 20.0. The zero-order valence-corrected chi connectivity index (χ0v) is 16.3. The summed E-state index contributed by atoms with van der Waals surface area (Å²) in [6.07, 6.45) is 0.674. The monoisotopic (exact) mass is 413 g/mol. The van der Waals surface area contributed by atoms with Crippen LogP contribution in [0.5, 0.6) is 0 Å². The Hall–Kier alpha value is -2.44. The Bertz CT molecular complexity index is 909. The van der Waals surface area contributed by atoms with Gasteiger partial charge in [0.25, 0.3) is 5.69 Å². The molecule has 146 valence electrons. The molecule has 2 rings (SSSR count). The van der Waals surface area contributed by atoms with Gasteiger partial charge in [0.15, 0.2) is 0 Å². The van der Waals surface area contributed by atoms with Crippen LogP contribution >= 0.6 is 11.3 Å². The summed E-state index contributed by atoms with van der Waals surface area (Å²) in [5.41, 5.74) is -0.206. The van der Waals surface area contributed by atoms with Gasteiger partial charge in [0.2, 0.25) is 21.1 Å². The van der Waals surface area contributed by atoms with Gasteiger partial charge in [0.1, 0.15) is 5.01 Å². The van der Waals surface area contributed by atoms with Crippen molar-refractivity contribution < 1.29 is 18.1 Å². The van der Waals surface area contributed by atoms with Crippen molar-refractivity contribution in [3.05, 3.63) is 39.4 Å². The van der Waals surface area contributed by atoms with Crippen molar-refractivity contribution in [2.45, 2.75) is 31.6 Å². The molecule has 0 unspecified atom stereocenters. The van der Waals surface area contributed by atoms with Gasteiger partial charge < -0.3 is 5.32 Å². The summed E-state index contributed by atoms with van der Waals surface area (Å²) in [4.78, 5) is 21.8. The average Bonchev–Trinajstić information content (AvgIpc) is 3.00. The molecule has 0 fully saturated rings. The molecule has 1 amide bonds. The predicted molar refractivity (Wildman–Crippen MR) is 100.0 cm³/mol. The number of hydrogen-bond donors (Lipinski definition) is 2. The molecule has 0 aliphatic carbocycles. The first kappa shape index (κ1) is 20.9. The number of nitrogens with one attached hydrogen (secondary N) is 2. The van der Waals surface area contributed by atoms with E-state index in [1.165, 1.54) is 11.3 Å². The number of anilines is 1. The van der Waals surface area contributed by atoms with Gasteiger partial charge in [-0.25, -0.2) is 13.1 Å². The van der Waals surface area contributed by atoms with Crippen LogP contribution in [-0.4, -0.2) is 36.0 Å². The molecule has 1 heterocycles. The first-order valence-corrected chi connectivity index (χ1v) is 10.3. The van der Waals surface area contributed by atoms with Crippen molar-refractivity contribution in [2.75, 3.05) is 11.9 Å². The maximum Gasteiger partial charge on any atom is 0.269 e. The molecule has 0 aliphatic rings. The third-order valence-electron chi connectivity index (χ3n) is 3.30. The third kappa shape index (κ3) is 6.34. The number of amides is 1. The number of carbonyl (C=O) groups excluding carboxylic acids is 1. The van der Waals surface area contributed by atoms with E-state index in [-0.39, 0.29) is 23.5 Å². The number of nitro groups is 1. The van der Waals surface area contributed by atoms with E-state index in [4.69, 9.17) is 0 Å². The van der Waals surface area contributed by atoms with Gasteiger partial charge in [-0.1, -0.05) is 25.2 Å². The first-order valence-electron chi connectivity index (χ1n) is 8.03. The van der Waals surface area contributed by atoms with Crippen LogP contribution in [0, 0.1) is 16.0 Å². The van der Waals surface area contributed by atoms with E-state index in [2.05, 4.69) is 34.1 Å². The highest BCUT2D eigenvalue weighted by Crippen LogP contribution is 2.18. The standard InChI is InChI=1S/C15H19N5O5S2/c1-10(2)9-14-18-19-15(26-14)17-13(21)7-8-16-27(24,25)12-5-3-11(4-6-12)20(22)23/h3-6,10,16H,7-9H2,1-2H3,(H,17,19,21). The minimum atomic E-state index is -3.86. The summed E-state index contributed by atoms with van der Waals surface area (Å²) >= 11 is 1.28. The van der Waals surface area contributed by atoms with E-state index in [0.717, 1.165) is 35.7 Å². The summed E-state index contributed by atoms with van der Waals surface area (Å²) in [5.74, 6) is 0.0315. The van der Waals surface area contributed by atoms with E-state index in [9.17, 15) is 23.3 Å². The first-order chi connectivity index (χ1) is 12.7. The second-order valence-corrected chi connectivity index (χ2v) is 8.87. The van der Waals surface area contributed by atoms with Crippen molar-refractivity contribution in [1.29, 1.82) is 0 Å². The highest BCUT2D eigenvalue weighted by atomic mass is 32.2. The molecule has 0 aliphatic heterocycles. The largest absolute Gasteiger partial charge is 0.300 e. The molecule has 0 spiro atoms. The average molecular weight is 413 g/mol. The van der Waals surface area contributed by atoms with Crippen molar-refractivity contribution in [3.63, 3.8) is 0 Å². The number of hydrogen-bond acceptors (Lipinski definition) is 8. The van der Waals surface area contributed by atoms with Gasteiger partial charge in [0.05, 0.1) is 9.82 Å². The van der Waals surface area contributed by atoms with Crippen LogP contribution in [0.4, 0.5) is 10.8 Å². The zero-order valence-electron chi connectivity index (χ0n) is 14.7. The molecule has 1 aromatic carbocycles. The SMILES string of the molecule is CC(C)Cc1nnc(NC(=O)CCNS(=O)(=O)c2ccc([N+](=O)[O-])cc2)s1. The van der Waals surface area contributed by atoms with Gasteiger partial charge in [-0.3, -0.25) is 14.9 Å². The van der Waals surface area contributed by atoms with Crippen molar-refractivity contribution in [3.8, 4) is 0 Å². The maximum atomic E-state index is 12.1. The molecule has 1 aromatic heterocycles. The Morgan fingerprint density at radius 2 is 1.93 bits per heavy atom. The lowest BCUT2D eigenvalue weighted by Crippen LogP contribution is -2.27. The molecule has 27 heavy (non-hydrogen) atoms. The second-order valence-electron chi connectivity index (χ2n) is 6.05. The topological polar surface area (TPSA) is 144 Å². The van der Waals surface area contributed by atoms with Crippen LogP contribution in [0.25, 0.3) is 0 Å². The molecule has 0 atom stereocenters. The summed E-state index contributed by atoms with van der Waals surface area (Å²) < 4.78 is 26.5. The Kier molecular flexibility index (Phi) is 6.93. The highest BCUT2D eigenvalue weighted by molar-refractivity contribution is 7.89. The molecule has 0 bridgehead atoms. The molecule has 2 aromatic rings. The van der Waals surface area contributed by atoms with Crippen molar-refractivity contribution in [1.82, 2.24) is 14.9 Å². The lowest BCUT2D eigenvalue weighted by molar-refractivity contribution is -0.384. The second kappa shape index (κ2) is 8.97. The lowest BCUT2D eigenvalue weighted by Gasteiger charge is -2.06. The van der Waals surface area contributed by atoms with Crippen LogP contribution in [0.2, 0.25) is 0 Å². The van der Waals surface area contributed by atoms with Gasteiger partial charge in [-0.05, 0) is 18.1 Å². The number of carbonyl (C=O) groups is 1. The van der Waals surface area contributed by atoms with E-state index in [0.29, 0.717) is 11.0 Å². The van der Waals surface area contributed by atoms with Crippen LogP contribution < -0.4 is 10.0 Å². The summed E-state index contributed by atoms with van der Waals surface area (Å²) in [5, 5.41) is 22.2.